The van der Waals surface area contributed by atoms with Crippen LogP contribution in [-0.4, -0.2) is 28.3 Å². The molecule has 1 atom stereocenters. The van der Waals surface area contributed by atoms with E-state index in [-0.39, 0.29) is 23.1 Å². The van der Waals surface area contributed by atoms with Crippen molar-refractivity contribution in [3.63, 3.8) is 0 Å². The number of carboxylic acids is 1. The number of carbonyl (C=O) groups is 2. The van der Waals surface area contributed by atoms with E-state index in [0.717, 1.165) is 17.7 Å². The molecule has 1 aromatic rings. The van der Waals surface area contributed by atoms with Crippen molar-refractivity contribution in [2.45, 2.75) is 30.2 Å². The predicted molar refractivity (Wildman–Crippen MR) is 79.0 cm³/mol. The number of nitrogens with zero attached hydrogens (tertiary/aromatic N) is 1. The topological polar surface area (TPSA) is 90.2 Å². The van der Waals surface area contributed by atoms with Crippen molar-refractivity contribution in [1.29, 1.82) is 5.26 Å². The largest absolute Gasteiger partial charge is 0.478 e. The van der Waals surface area contributed by atoms with E-state index < -0.39 is 11.5 Å². The minimum Gasteiger partial charge on any atom is -0.478 e. The van der Waals surface area contributed by atoms with Gasteiger partial charge in [0.1, 0.15) is 5.54 Å². The summed E-state index contributed by atoms with van der Waals surface area (Å²) in [6.45, 7) is 1.76. The number of nitrogens with one attached hydrogen (secondary N) is 1. The highest BCUT2D eigenvalue weighted by Crippen LogP contribution is 2.39. The van der Waals surface area contributed by atoms with Crippen molar-refractivity contribution < 1.29 is 14.7 Å². The van der Waals surface area contributed by atoms with Crippen LogP contribution in [0.25, 0.3) is 0 Å². The molecule has 0 radical (unpaired) electrons. The minimum atomic E-state index is -0.974. The summed E-state index contributed by atoms with van der Waals surface area (Å²) in [5.41, 5.74) is -0.556. The second kappa shape index (κ2) is 6.19. The monoisotopic (exact) mass is 304 g/mol. The minimum absolute atomic E-state index is 0.182. The van der Waals surface area contributed by atoms with Crippen LogP contribution in [0.5, 0.6) is 0 Å². The molecule has 0 bridgehead atoms. The fraction of sp³-hybridized carbons (Fsp3) is 0.400. The van der Waals surface area contributed by atoms with Crippen LogP contribution in [0.1, 0.15) is 30.1 Å². The van der Waals surface area contributed by atoms with Crippen molar-refractivity contribution in [3.8, 4) is 6.07 Å². The van der Waals surface area contributed by atoms with Gasteiger partial charge in [-0.15, -0.1) is 11.8 Å². The molecule has 1 unspecified atom stereocenters. The highest BCUT2D eigenvalue weighted by atomic mass is 32.2. The molecule has 2 N–H and O–H groups in total. The van der Waals surface area contributed by atoms with Gasteiger partial charge in [-0.05, 0) is 49.9 Å². The van der Waals surface area contributed by atoms with Gasteiger partial charge in [0.15, 0.2) is 0 Å². The first-order valence-electron chi connectivity index (χ1n) is 6.63. The Labute approximate surface area is 127 Å². The van der Waals surface area contributed by atoms with Crippen LogP contribution in [0.3, 0.4) is 0 Å². The van der Waals surface area contributed by atoms with Crippen LogP contribution in [0.4, 0.5) is 0 Å². The maximum absolute atomic E-state index is 11.9. The summed E-state index contributed by atoms with van der Waals surface area (Å²) < 4.78 is 0. The SMILES string of the molecule is CC(C#N)(NC(=O)CSc1ccc(C(=O)O)cc1)C1CC1. The first-order valence-corrected chi connectivity index (χ1v) is 7.61. The third kappa shape index (κ3) is 3.99. The molecule has 0 aliphatic heterocycles. The number of carbonyl (C=O) groups excluding carboxylic acids is 1. The van der Waals surface area contributed by atoms with E-state index in [4.69, 9.17) is 5.11 Å². The number of thioether (sulfide) groups is 1. The van der Waals surface area contributed by atoms with Crippen LogP contribution in [0, 0.1) is 17.2 Å². The van der Waals surface area contributed by atoms with Crippen molar-refractivity contribution >= 4 is 23.6 Å². The van der Waals surface area contributed by atoms with E-state index in [1.54, 1.807) is 19.1 Å². The summed E-state index contributed by atoms with van der Waals surface area (Å²) in [6, 6.07) is 8.54. The zero-order valence-electron chi connectivity index (χ0n) is 11.6. The summed E-state index contributed by atoms with van der Waals surface area (Å²) in [5, 5.41) is 20.8. The molecule has 1 amide bonds. The summed E-state index contributed by atoms with van der Waals surface area (Å²) >= 11 is 1.32. The van der Waals surface area contributed by atoms with Crippen molar-refractivity contribution in [1.82, 2.24) is 5.32 Å². The molecule has 1 saturated carbocycles. The van der Waals surface area contributed by atoms with Crippen LogP contribution in [0.2, 0.25) is 0 Å². The summed E-state index contributed by atoms with van der Waals surface area (Å²) in [5.74, 6) is -0.695. The number of hydrogen-bond donors (Lipinski definition) is 2. The zero-order chi connectivity index (χ0) is 15.5. The Morgan fingerprint density at radius 2 is 2.05 bits per heavy atom. The third-order valence-corrected chi connectivity index (χ3v) is 4.51. The number of amides is 1. The highest BCUT2D eigenvalue weighted by Gasteiger charge is 2.42. The van der Waals surface area contributed by atoms with Gasteiger partial charge in [0.2, 0.25) is 5.91 Å². The molecule has 0 spiro atoms. The Hall–Kier alpha value is -2.00. The first-order chi connectivity index (χ1) is 9.94. The molecule has 1 aliphatic rings. The Kier molecular flexibility index (Phi) is 4.53. The maximum Gasteiger partial charge on any atom is 0.335 e. The maximum atomic E-state index is 11.9. The lowest BCUT2D eigenvalue weighted by atomic mass is 9.98. The number of benzene rings is 1. The van der Waals surface area contributed by atoms with Gasteiger partial charge >= 0.3 is 5.97 Å². The Morgan fingerprint density at radius 3 is 2.52 bits per heavy atom. The van der Waals surface area contributed by atoms with E-state index in [1.165, 1.54) is 23.9 Å². The van der Waals surface area contributed by atoms with Gasteiger partial charge in [0.25, 0.3) is 0 Å². The van der Waals surface area contributed by atoms with Crippen LogP contribution in [-0.2, 0) is 4.79 Å². The van der Waals surface area contributed by atoms with Gasteiger partial charge in [0.05, 0.1) is 17.4 Å². The zero-order valence-corrected chi connectivity index (χ0v) is 12.4. The second-order valence-electron chi connectivity index (χ2n) is 5.25. The Morgan fingerprint density at radius 1 is 1.43 bits per heavy atom. The average molecular weight is 304 g/mol. The molecule has 1 aromatic carbocycles. The van der Waals surface area contributed by atoms with E-state index >= 15 is 0 Å². The van der Waals surface area contributed by atoms with Crippen molar-refractivity contribution in [2.75, 3.05) is 5.75 Å². The summed E-state index contributed by atoms with van der Waals surface area (Å²) in [7, 11) is 0. The van der Waals surface area contributed by atoms with Gasteiger partial charge in [-0.1, -0.05) is 0 Å². The molecule has 110 valence electrons. The smallest absolute Gasteiger partial charge is 0.335 e. The predicted octanol–water partition coefficient (Wildman–Crippen LogP) is 2.29. The Bertz CT molecular complexity index is 590. The third-order valence-electron chi connectivity index (χ3n) is 3.50. The molecule has 0 aromatic heterocycles. The summed E-state index contributed by atoms with van der Waals surface area (Å²) in [6.07, 6.45) is 1.96. The molecule has 1 aliphatic carbocycles. The number of rotatable bonds is 6. The first kappa shape index (κ1) is 15.4. The van der Waals surface area contributed by atoms with Crippen molar-refractivity contribution in [2.24, 2.45) is 5.92 Å². The van der Waals surface area contributed by atoms with Crippen LogP contribution < -0.4 is 5.32 Å². The van der Waals surface area contributed by atoms with E-state index in [9.17, 15) is 14.9 Å². The average Bonchev–Trinajstić information content (AvgIpc) is 3.30. The molecular formula is C15H16N2O3S. The normalized spacial score (nSPS) is 16.6. The Balaban J connectivity index is 1.86. The number of aromatic carboxylic acids is 1. The van der Waals surface area contributed by atoms with Crippen LogP contribution >= 0.6 is 11.8 Å². The highest BCUT2D eigenvalue weighted by molar-refractivity contribution is 8.00. The molecular weight excluding hydrogens is 288 g/mol. The summed E-state index contributed by atoms with van der Waals surface area (Å²) in [4.78, 5) is 23.5. The molecule has 6 heteroatoms. The quantitative estimate of drug-likeness (QED) is 0.787. The molecule has 2 rings (SSSR count). The van der Waals surface area contributed by atoms with Gasteiger partial charge < -0.3 is 10.4 Å². The lowest BCUT2D eigenvalue weighted by molar-refractivity contribution is -0.119. The number of hydrogen-bond acceptors (Lipinski definition) is 4. The van der Waals surface area contributed by atoms with Gasteiger partial charge in [0, 0.05) is 4.90 Å². The van der Waals surface area contributed by atoms with E-state index in [0.29, 0.717) is 0 Å². The number of nitriles is 1. The lowest BCUT2D eigenvalue weighted by Crippen LogP contribution is -2.47. The molecule has 21 heavy (non-hydrogen) atoms. The van der Waals surface area contributed by atoms with E-state index in [1.807, 2.05) is 0 Å². The molecule has 5 nitrogen and oxygen atoms in total. The molecule has 1 fully saturated rings. The number of carboxylic acid groups (broad SMARTS) is 1. The van der Waals surface area contributed by atoms with Crippen molar-refractivity contribution in [3.05, 3.63) is 29.8 Å². The van der Waals surface area contributed by atoms with Gasteiger partial charge in [-0.3, -0.25) is 4.79 Å². The molecule has 0 heterocycles. The lowest BCUT2D eigenvalue weighted by Gasteiger charge is -2.22. The van der Waals surface area contributed by atoms with E-state index in [2.05, 4.69) is 11.4 Å². The fourth-order valence-electron chi connectivity index (χ4n) is 2.05. The fourth-order valence-corrected chi connectivity index (χ4v) is 2.75. The second-order valence-corrected chi connectivity index (χ2v) is 6.30. The van der Waals surface area contributed by atoms with Gasteiger partial charge in [-0.25, -0.2) is 4.79 Å². The van der Waals surface area contributed by atoms with Crippen LogP contribution in [0.15, 0.2) is 29.2 Å². The van der Waals surface area contributed by atoms with Gasteiger partial charge in [-0.2, -0.15) is 5.26 Å². The molecule has 0 saturated heterocycles. The standard InChI is InChI=1S/C15H16N2O3S/c1-15(9-16,11-4-5-11)17-13(18)8-21-12-6-2-10(3-7-12)14(19)20/h2-3,6-7,11H,4-5,8H2,1H3,(H,17,18)(H,19,20).